The van der Waals surface area contributed by atoms with Crippen LogP contribution in [0.4, 0.5) is 0 Å². The number of hydrogen-bond donors (Lipinski definition) is 0. The monoisotopic (exact) mass is 888 g/mol. The van der Waals surface area contributed by atoms with E-state index in [0.717, 1.165) is 61.8 Å². The van der Waals surface area contributed by atoms with E-state index in [4.69, 9.17) is 27.4 Å². The van der Waals surface area contributed by atoms with E-state index < -0.39 is 17.0 Å². The Morgan fingerprint density at radius 3 is 1.23 bits per heavy atom. The molecule has 1 heterocycles. The van der Waals surface area contributed by atoms with Crippen LogP contribution in [0.2, 0.25) is 0 Å². The second-order valence-electron chi connectivity index (χ2n) is 15.7. The van der Waals surface area contributed by atoms with Gasteiger partial charge in [0.2, 0.25) is 0 Å². The van der Waals surface area contributed by atoms with Gasteiger partial charge in [0.1, 0.15) is 17.2 Å². The normalized spacial score (nSPS) is 12.1. The summed E-state index contributed by atoms with van der Waals surface area (Å²) in [5.74, 6) is 4.55. The fourth-order valence-corrected chi connectivity index (χ4v) is 10.5. The van der Waals surface area contributed by atoms with Gasteiger partial charge in [0.25, 0.3) is 8.38 Å². The van der Waals surface area contributed by atoms with Gasteiger partial charge < -0.3 is 27.4 Å². The largest absolute Gasteiger partial charge is 0.530 e. The highest BCUT2D eigenvalue weighted by atomic mass is 31.2. The van der Waals surface area contributed by atoms with Crippen LogP contribution in [0.25, 0.3) is 43.1 Å². The highest BCUT2D eigenvalue weighted by Crippen LogP contribution is 2.54. The van der Waals surface area contributed by atoms with Crippen molar-refractivity contribution in [2.45, 2.75) is 26.7 Å². The van der Waals surface area contributed by atoms with Gasteiger partial charge in [0, 0.05) is 39.9 Å². The molecule has 0 aliphatic carbocycles. The average molecular weight is 889 g/mol. The predicted octanol–water partition coefficient (Wildman–Crippen LogP) is 16.9. The number of ether oxygens (including phenoxy) is 1. The molecule has 0 N–H and O–H groups in total. The third kappa shape index (κ3) is 9.29. The van der Waals surface area contributed by atoms with Crippen molar-refractivity contribution in [3.8, 4) is 40.2 Å². The lowest BCUT2D eigenvalue weighted by molar-refractivity contribution is 0.369. The van der Waals surface area contributed by atoms with Crippen molar-refractivity contribution in [1.29, 1.82) is 0 Å². The van der Waals surface area contributed by atoms with Gasteiger partial charge in [-0.25, -0.2) is 0 Å². The third-order valence-electron chi connectivity index (χ3n) is 11.3. The summed E-state index contributed by atoms with van der Waals surface area (Å²) < 4.78 is 40.2. The lowest BCUT2D eigenvalue weighted by Gasteiger charge is -2.27. The first-order chi connectivity index (χ1) is 32.1. The van der Waals surface area contributed by atoms with Crippen LogP contribution in [0.3, 0.4) is 0 Å². The minimum atomic E-state index is -2.02. The van der Waals surface area contributed by atoms with Crippen molar-refractivity contribution in [2.24, 2.45) is 0 Å². The van der Waals surface area contributed by atoms with Crippen LogP contribution in [-0.2, 0) is 6.42 Å². The maximum Gasteiger partial charge on any atom is 0.530 e. The van der Waals surface area contributed by atoms with Crippen molar-refractivity contribution in [1.82, 2.24) is 0 Å². The van der Waals surface area contributed by atoms with Crippen LogP contribution in [0.1, 0.15) is 30.0 Å². The van der Waals surface area contributed by atoms with Crippen LogP contribution < -0.4 is 27.4 Å². The molecule has 0 bridgehead atoms. The molecule has 10 aromatic rings. The van der Waals surface area contributed by atoms with Crippen LogP contribution >= 0.6 is 17.0 Å². The van der Waals surface area contributed by atoms with Crippen LogP contribution in [0.5, 0.6) is 40.2 Å². The molecule has 0 saturated heterocycles. The maximum atomic E-state index is 6.79. The van der Waals surface area contributed by atoms with E-state index in [9.17, 15) is 0 Å². The Balaban J connectivity index is 0.000000394. The summed E-state index contributed by atoms with van der Waals surface area (Å²) in [6.07, 6.45) is 2.31. The molecule has 1 unspecified atom stereocenters. The Morgan fingerprint density at radius 1 is 0.385 bits per heavy atom. The van der Waals surface area contributed by atoms with E-state index >= 15 is 0 Å². The SMILES string of the molecule is CCCP(Oc1cccc2c1Oc1c(cccc1OP(Oc1cccc3ccccc13)Oc1cccc3ccccc13)C2)Oc1cccc2ccccc12.Cc1cccc2ccccc12. The van der Waals surface area contributed by atoms with E-state index in [1.807, 2.05) is 109 Å². The molecule has 0 saturated carbocycles. The van der Waals surface area contributed by atoms with Gasteiger partial charge in [0.05, 0.1) is 0 Å². The van der Waals surface area contributed by atoms with Gasteiger partial charge in [-0.1, -0.05) is 183 Å². The van der Waals surface area contributed by atoms with Gasteiger partial charge >= 0.3 is 8.60 Å². The first-order valence-corrected chi connectivity index (χ1v) is 24.3. The number of hydrogen-bond acceptors (Lipinski definition) is 6. The Bertz CT molecular complexity index is 3180. The first kappa shape index (κ1) is 41.9. The molecule has 10 aromatic carbocycles. The Labute approximate surface area is 381 Å². The highest BCUT2D eigenvalue weighted by Gasteiger charge is 2.30. The fourth-order valence-electron chi connectivity index (χ4n) is 8.11. The number of para-hydroxylation sites is 2. The molecule has 320 valence electrons. The molecule has 6 nitrogen and oxygen atoms in total. The Hall–Kier alpha value is -7.10. The summed E-state index contributed by atoms with van der Waals surface area (Å²) in [4.78, 5) is 0. The molecule has 11 rings (SSSR count). The molecule has 0 spiro atoms. The van der Waals surface area contributed by atoms with Crippen molar-refractivity contribution in [3.63, 3.8) is 0 Å². The lowest BCUT2D eigenvalue weighted by atomic mass is 10.00. The molecule has 0 fully saturated rings. The molecule has 0 amide bonds. The van der Waals surface area contributed by atoms with Gasteiger partial charge in [0.15, 0.2) is 23.0 Å². The number of benzene rings is 10. The van der Waals surface area contributed by atoms with Crippen molar-refractivity contribution >= 4 is 60.1 Å². The van der Waals surface area contributed by atoms with Crippen molar-refractivity contribution in [3.05, 3.63) is 223 Å². The van der Waals surface area contributed by atoms with Crippen molar-refractivity contribution in [2.75, 3.05) is 6.16 Å². The zero-order chi connectivity index (χ0) is 44.0. The summed E-state index contributed by atoms with van der Waals surface area (Å²) in [7, 11) is -3.34. The summed E-state index contributed by atoms with van der Waals surface area (Å²) in [5.41, 5.74) is 3.36. The Kier molecular flexibility index (Phi) is 12.5. The predicted molar refractivity (Wildman–Crippen MR) is 268 cm³/mol. The fraction of sp³-hybridized carbons (Fsp3) is 0.0877. The van der Waals surface area contributed by atoms with Gasteiger partial charge in [-0.2, -0.15) is 0 Å². The summed E-state index contributed by atoms with van der Waals surface area (Å²) >= 11 is 0. The van der Waals surface area contributed by atoms with E-state index in [0.29, 0.717) is 40.9 Å². The first-order valence-electron chi connectivity index (χ1n) is 21.8. The smallest absolute Gasteiger partial charge is 0.449 e. The number of fused-ring (bicyclic) bond motifs is 6. The van der Waals surface area contributed by atoms with E-state index in [-0.39, 0.29) is 0 Å². The quantitative estimate of drug-likeness (QED) is 0.114. The molecular formula is C57H46O6P2. The zero-order valence-corrected chi connectivity index (χ0v) is 37.9. The second kappa shape index (κ2) is 19.3. The molecule has 0 aromatic heterocycles. The van der Waals surface area contributed by atoms with Crippen molar-refractivity contribution < 1.29 is 27.4 Å². The van der Waals surface area contributed by atoms with Gasteiger partial charge in [-0.05, 0) is 76.2 Å². The van der Waals surface area contributed by atoms with Crippen LogP contribution in [-0.4, -0.2) is 6.16 Å². The molecule has 0 radical (unpaired) electrons. The molecular weight excluding hydrogens is 843 g/mol. The standard InChI is InChI=1S/C46H36O6P2.C11H10/c1-2-30-53(48-40-25-9-17-32-14-3-6-22-37(32)40)49-43-28-12-20-35-31-36-21-13-29-44(46(36)47-45(35)43)52-54(50-41-26-10-18-33-15-4-7-23-38(33)41)51-42-27-11-19-34-16-5-8-24-39(34)42;1-9-5-4-7-10-6-2-3-8-11(9)10/h3-29H,2,30-31H2,1H3;2-8H,1H3. The van der Waals surface area contributed by atoms with Gasteiger partial charge in [-0.3, -0.25) is 0 Å². The van der Waals surface area contributed by atoms with E-state index in [1.54, 1.807) is 0 Å². The van der Waals surface area contributed by atoms with E-state index in [1.165, 1.54) is 16.3 Å². The summed E-state index contributed by atoms with van der Waals surface area (Å²) in [6, 6.07) is 69.4. The summed E-state index contributed by atoms with van der Waals surface area (Å²) in [6.45, 7) is 4.28. The topological polar surface area (TPSA) is 55.4 Å². The molecule has 8 heteroatoms. The Morgan fingerprint density at radius 2 is 0.738 bits per heavy atom. The van der Waals surface area contributed by atoms with E-state index in [2.05, 4.69) is 111 Å². The maximum absolute atomic E-state index is 6.79. The zero-order valence-electron chi connectivity index (χ0n) is 36.1. The minimum Gasteiger partial charge on any atom is -0.449 e. The van der Waals surface area contributed by atoms with Gasteiger partial charge in [-0.15, -0.1) is 0 Å². The summed E-state index contributed by atoms with van der Waals surface area (Å²) in [5, 5.41) is 8.92. The highest BCUT2D eigenvalue weighted by molar-refractivity contribution is 7.48. The molecule has 1 atom stereocenters. The lowest BCUT2D eigenvalue weighted by Crippen LogP contribution is -2.09. The van der Waals surface area contributed by atoms with Crippen LogP contribution in [0, 0.1) is 6.92 Å². The average Bonchev–Trinajstić information content (AvgIpc) is 3.34. The molecule has 1 aliphatic rings. The second-order valence-corrected chi connectivity index (χ2v) is 18.2. The molecule has 65 heavy (non-hydrogen) atoms. The number of aryl methyl sites for hydroxylation is 1. The third-order valence-corrected chi connectivity index (χ3v) is 13.9. The minimum absolute atomic E-state index is 0.516. The molecule has 1 aliphatic heterocycles. The number of rotatable bonds is 12. The van der Waals surface area contributed by atoms with Crippen LogP contribution in [0.15, 0.2) is 206 Å².